The Labute approximate surface area is 94.4 Å². The number of rotatable bonds is 2. The standard InChI is InChI=1S/C13H26N2/c1-11-6-8-15(9-7-11)13-5-3-4-12(10-13)14-2/h11-14H,3-10H2,1-2H3. The molecule has 0 aromatic rings. The number of piperidine rings is 1. The Kier molecular flexibility index (Phi) is 4.04. The molecule has 2 nitrogen and oxygen atoms in total. The minimum atomic E-state index is 0.781. The van der Waals surface area contributed by atoms with Crippen LogP contribution in [0.5, 0.6) is 0 Å². The Hall–Kier alpha value is -0.0800. The van der Waals surface area contributed by atoms with E-state index in [1.54, 1.807) is 0 Å². The van der Waals surface area contributed by atoms with Crippen LogP contribution in [0.15, 0.2) is 0 Å². The highest BCUT2D eigenvalue weighted by Gasteiger charge is 2.27. The maximum atomic E-state index is 3.46. The van der Waals surface area contributed by atoms with Crippen molar-refractivity contribution in [1.82, 2.24) is 10.2 Å². The fourth-order valence-electron chi connectivity index (χ4n) is 3.15. The summed E-state index contributed by atoms with van der Waals surface area (Å²) in [6.45, 7) is 5.10. The van der Waals surface area contributed by atoms with Gasteiger partial charge in [-0.25, -0.2) is 0 Å². The molecular formula is C13H26N2. The lowest BCUT2D eigenvalue weighted by Crippen LogP contribution is -2.46. The number of hydrogen-bond acceptors (Lipinski definition) is 2. The fourth-order valence-corrected chi connectivity index (χ4v) is 3.15. The molecule has 1 aliphatic heterocycles. The molecule has 2 rings (SSSR count). The first kappa shape index (κ1) is 11.4. The van der Waals surface area contributed by atoms with Gasteiger partial charge in [0.1, 0.15) is 0 Å². The van der Waals surface area contributed by atoms with E-state index in [1.807, 2.05) is 0 Å². The van der Waals surface area contributed by atoms with E-state index in [0.29, 0.717) is 0 Å². The summed E-state index contributed by atoms with van der Waals surface area (Å²) in [5.41, 5.74) is 0. The van der Waals surface area contributed by atoms with Crippen molar-refractivity contribution in [3.05, 3.63) is 0 Å². The highest BCUT2D eigenvalue weighted by molar-refractivity contribution is 4.85. The van der Waals surface area contributed by atoms with Gasteiger partial charge in [0.2, 0.25) is 0 Å². The molecule has 2 aliphatic rings. The van der Waals surface area contributed by atoms with E-state index in [0.717, 1.165) is 18.0 Å². The molecule has 0 bridgehead atoms. The van der Waals surface area contributed by atoms with E-state index < -0.39 is 0 Å². The molecule has 2 atom stereocenters. The number of nitrogens with zero attached hydrogens (tertiary/aromatic N) is 1. The second-order valence-electron chi connectivity index (χ2n) is 5.52. The summed E-state index contributed by atoms with van der Waals surface area (Å²) in [4.78, 5) is 2.75. The van der Waals surface area contributed by atoms with Gasteiger partial charge in [-0.1, -0.05) is 13.3 Å². The fraction of sp³-hybridized carbons (Fsp3) is 1.00. The first-order valence-electron chi connectivity index (χ1n) is 6.71. The quantitative estimate of drug-likeness (QED) is 0.752. The van der Waals surface area contributed by atoms with Crippen molar-refractivity contribution in [3.8, 4) is 0 Å². The van der Waals surface area contributed by atoms with Crippen LogP contribution in [0.2, 0.25) is 0 Å². The maximum Gasteiger partial charge on any atom is 0.0110 e. The highest BCUT2D eigenvalue weighted by Crippen LogP contribution is 2.26. The summed E-state index contributed by atoms with van der Waals surface area (Å²) in [5, 5.41) is 3.46. The van der Waals surface area contributed by atoms with Gasteiger partial charge in [-0.15, -0.1) is 0 Å². The van der Waals surface area contributed by atoms with Gasteiger partial charge >= 0.3 is 0 Å². The van der Waals surface area contributed by atoms with Gasteiger partial charge in [-0.3, -0.25) is 0 Å². The van der Waals surface area contributed by atoms with E-state index in [4.69, 9.17) is 0 Å². The SMILES string of the molecule is CNC1CCCC(N2CCC(C)CC2)C1. The molecule has 1 N–H and O–H groups in total. The minimum Gasteiger partial charge on any atom is -0.317 e. The number of likely N-dealkylation sites (tertiary alicyclic amines) is 1. The molecule has 0 aromatic heterocycles. The summed E-state index contributed by atoms with van der Waals surface area (Å²) in [7, 11) is 2.12. The molecule has 0 spiro atoms. The Bertz CT molecular complexity index is 185. The molecule has 0 amide bonds. The van der Waals surface area contributed by atoms with Crippen LogP contribution >= 0.6 is 0 Å². The van der Waals surface area contributed by atoms with Crippen LogP contribution in [0, 0.1) is 5.92 Å². The second-order valence-corrected chi connectivity index (χ2v) is 5.52. The van der Waals surface area contributed by atoms with Gasteiger partial charge in [-0.05, 0) is 58.2 Å². The van der Waals surface area contributed by atoms with Crippen LogP contribution in [-0.2, 0) is 0 Å². The molecule has 0 aromatic carbocycles. The zero-order valence-corrected chi connectivity index (χ0v) is 10.3. The topological polar surface area (TPSA) is 15.3 Å². The normalized spacial score (nSPS) is 35.6. The Morgan fingerprint density at radius 1 is 1.07 bits per heavy atom. The largest absolute Gasteiger partial charge is 0.317 e. The zero-order valence-electron chi connectivity index (χ0n) is 10.3. The van der Waals surface area contributed by atoms with Crippen LogP contribution in [0.3, 0.4) is 0 Å². The van der Waals surface area contributed by atoms with Crippen molar-refractivity contribution < 1.29 is 0 Å². The lowest BCUT2D eigenvalue weighted by Gasteiger charge is -2.40. The predicted octanol–water partition coefficient (Wildman–Crippen LogP) is 2.25. The lowest BCUT2D eigenvalue weighted by atomic mass is 9.88. The Morgan fingerprint density at radius 2 is 1.80 bits per heavy atom. The van der Waals surface area contributed by atoms with Gasteiger partial charge in [0.15, 0.2) is 0 Å². The van der Waals surface area contributed by atoms with Crippen molar-refractivity contribution in [1.29, 1.82) is 0 Å². The molecule has 2 fully saturated rings. The Balaban J connectivity index is 1.82. The van der Waals surface area contributed by atoms with Crippen LogP contribution in [-0.4, -0.2) is 37.1 Å². The summed E-state index contributed by atoms with van der Waals surface area (Å²) < 4.78 is 0. The van der Waals surface area contributed by atoms with E-state index in [-0.39, 0.29) is 0 Å². The van der Waals surface area contributed by atoms with E-state index in [9.17, 15) is 0 Å². The molecule has 88 valence electrons. The van der Waals surface area contributed by atoms with Crippen molar-refractivity contribution in [2.75, 3.05) is 20.1 Å². The van der Waals surface area contributed by atoms with Gasteiger partial charge in [0.25, 0.3) is 0 Å². The molecule has 15 heavy (non-hydrogen) atoms. The summed E-state index contributed by atoms with van der Waals surface area (Å²) in [6.07, 6.45) is 8.46. The number of nitrogens with one attached hydrogen (secondary N) is 1. The van der Waals surface area contributed by atoms with Gasteiger partial charge < -0.3 is 10.2 Å². The first-order chi connectivity index (χ1) is 7.29. The van der Waals surface area contributed by atoms with Crippen molar-refractivity contribution in [3.63, 3.8) is 0 Å². The van der Waals surface area contributed by atoms with E-state index in [2.05, 4.69) is 24.2 Å². The average Bonchev–Trinajstić information content (AvgIpc) is 2.30. The minimum absolute atomic E-state index is 0.781. The van der Waals surface area contributed by atoms with Gasteiger partial charge in [0, 0.05) is 12.1 Å². The molecule has 1 saturated carbocycles. The summed E-state index contributed by atoms with van der Waals surface area (Å²) in [5.74, 6) is 0.963. The molecule has 1 aliphatic carbocycles. The highest BCUT2D eigenvalue weighted by atomic mass is 15.2. The number of hydrogen-bond donors (Lipinski definition) is 1. The lowest BCUT2D eigenvalue weighted by molar-refractivity contribution is 0.101. The summed E-state index contributed by atoms with van der Waals surface area (Å²) >= 11 is 0. The maximum absolute atomic E-state index is 3.46. The van der Waals surface area contributed by atoms with Crippen molar-refractivity contribution in [2.24, 2.45) is 5.92 Å². The second kappa shape index (κ2) is 5.31. The van der Waals surface area contributed by atoms with Crippen LogP contribution in [0.25, 0.3) is 0 Å². The molecule has 2 unspecified atom stereocenters. The molecule has 1 heterocycles. The third-order valence-electron chi connectivity index (χ3n) is 4.39. The third kappa shape index (κ3) is 2.94. The van der Waals surface area contributed by atoms with Crippen molar-refractivity contribution >= 4 is 0 Å². The average molecular weight is 210 g/mol. The monoisotopic (exact) mass is 210 g/mol. The van der Waals surface area contributed by atoms with E-state index >= 15 is 0 Å². The zero-order chi connectivity index (χ0) is 10.7. The first-order valence-corrected chi connectivity index (χ1v) is 6.71. The van der Waals surface area contributed by atoms with Crippen LogP contribution in [0.1, 0.15) is 45.4 Å². The van der Waals surface area contributed by atoms with Gasteiger partial charge in [-0.2, -0.15) is 0 Å². The Morgan fingerprint density at radius 3 is 2.47 bits per heavy atom. The van der Waals surface area contributed by atoms with Gasteiger partial charge in [0.05, 0.1) is 0 Å². The summed E-state index contributed by atoms with van der Waals surface area (Å²) in [6, 6.07) is 1.66. The smallest absolute Gasteiger partial charge is 0.0110 e. The molecular weight excluding hydrogens is 184 g/mol. The molecule has 0 radical (unpaired) electrons. The third-order valence-corrected chi connectivity index (χ3v) is 4.39. The van der Waals surface area contributed by atoms with Crippen LogP contribution < -0.4 is 5.32 Å². The van der Waals surface area contributed by atoms with Crippen LogP contribution in [0.4, 0.5) is 0 Å². The van der Waals surface area contributed by atoms with Crippen molar-refractivity contribution in [2.45, 2.75) is 57.5 Å². The van der Waals surface area contributed by atoms with E-state index in [1.165, 1.54) is 51.6 Å². The molecule has 2 heteroatoms. The predicted molar refractivity (Wildman–Crippen MR) is 65.1 cm³/mol. The molecule has 1 saturated heterocycles.